The third-order valence-electron chi connectivity index (χ3n) is 4.05. The molecular weight excluding hydrogens is 254 g/mol. The van der Waals surface area contributed by atoms with Crippen LogP contribution in [0.25, 0.3) is 0 Å². The molecule has 0 radical (unpaired) electrons. The quantitative estimate of drug-likeness (QED) is 0.918. The van der Waals surface area contributed by atoms with Gasteiger partial charge in [-0.05, 0) is 49.4 Å². The van der Waals surface area contributed by atoms with Crippen LogP contribution in [0.3, 0.4) is 0 Å². The highest BCUT2D eigenvalue weighted by molar-refractivity contribution is 5.77. The monoisotopic (exact) mass is 277 g/mol. The van der Waals surface area contributed by atoms with Crippen molar-refractivity contribution in [2.75, 3.05) is 19.7 Å². The lowest BCUT2D eigenvalue weighted by molar-refractivity contribution is -0.136. The lowest BCUT2D eigenvalue weighted by Gasteiger charge is -2.34. The molecule has 0 aliphatic carbocycles. The summed E-state index contributed by atoms with van der Waals surface area (Å²) in [7, 11) is 0. The first-order valence-corrected chi connectivity index (χ1v) is 7.13. The van der Waals surface area contributed by atoms with Crippen molar-refractivity contribution >= 4 is 5.91 Å². The Labute approximate surface area is 120 Å². The number of rotatable bonds is 3. The van der Waals surface area contributed by atoms with Crippen molar-refractivity contribution in [3.63, 3.8) is 0 Å². The van der Waals surface area contributed by atoms with Gasteiger partial charge in [0, 0.05) is 13.1 Å². The SMILES string of the molecule is Cc1ccc(OCC(=O)N2CCC(O)C(C)C2)cc1C. The highest BCUT2D eigenvalue weighted by atomic mass is 16.5. The predicted octanol–water partition coefficient (Wildman–Crippen LogP) is 1.91. The minimum atomic E-state index is -0.292. The number of aryl methyl sites for hydroxylation is 2. The molecule has 0 bridgehead atoms. The Morgan fingerprint density at radius 1 is 1.40 bits per heavy atom. The third kappa shape index (κ3) is 3.51. The predicted molar refractivity (Wildman–Crippen MR) is 77.8 cm³/mol. The standard InChI is InChI=1S/C16H23NO3/c1-11-4-5-14(8-12(11)2)20-10-16(19)17-7-6-15(18)13(3)9-17/h4-5,8,13,15,18H,6-7,9-10H2,1-3H3. The van der Waals surface area contributed by atoms with Gasteiger partial charge in [0.05, 0.1) is 6.10 Å². The third-order valence-corrected chi connectivity index (χ3v) is 4.05. The summed E-state index contributed by atoms with van der Waals surface area (Å²) in [6.07, 6.45) is 0.357. The normalized spacial score (nSPS) is 22.7. The zero-order valence-electron chi connectivity index (χ0n) is 12.4. The summed E-state index contributed by atoms with van der Waals surface area (Å²) in [5.41, 5.74) is 2.37. The van der Waals surface area contributed by atoms with Crippen LogP contribution in [-0.2, 0) is 4.79 Å². The second kappa shape index (κ2) is 6.27. The number of hydrogen-bond acceptors (Lipinski definition) is 3. The molecule has 0 saturated carbocycles. The van der Waals surface area contributed by atoms with Crippen LogP contribution in [-0.4, -0.2) is 41.7 Å². The molecule has 2 unspecified atom stereocenters. The maximum Gasteiger partial charge on any atom is 0.260 e. The first-order chi connectivity index (χ1) is 9.47. The number of carbonyl (C=O) groups is 1. The number of aliphatic hydroxyl groups is 1. The summed E-state index contributed by atoms with van der Waals surface area (Å²) in [6.45, 7) is 7.32. The largest absolute Gasteiger partial charge is 0.484 e. The Hall–Kier alpha value is -1.55. The molecule has 1 aliphatic rings. The number of amides is 1. The molecule has 1 N–H and O–H groups in total. The van der Waals surface area contributed by atoms with E-state index in [1.54, 1.807) is 4.90 Å². The molecule has 2 rings (SSSR count). The van der Waals surface area contributed by atoms with E-state index in [2.05, 4.69) is 0 Å². The fourth-order valence-corrected chi connectivity index (χ4v) is 2.40. The first-order valence-electron chi connectivity index (χ1n) is 7.13. The number of hydrogen-bond donors (Lipinski definition) is 1. The summed E-state index contributed by atoms with van der Waals surface area (Å²) < 4.78 is 5.57. The van der Waals surface area contributed by atoms with Crippen LogP contribution in [0.1, 0.15) is 24.5 Å². The van der Waals surface area contributed by atoms with Crippen LogP contribution in [0.15, 0.2) is 18.2 Å². The Balaban J connectivity index is 1.87. The molecule has 1 aliphatic heterocycles. The smallest absolute Gasteiger partial charge is 0.260 e. The maximum atomic E-state index is 12.1. The van der Waals surface area contributed by atoms with Gasteiger partial charge in [0.1, 0.15) is 5.75 Å². The Kier molecular flexibility index (Phi) is 4.65. The molecule has 1 fully saturated rings. The van der Waals surface area contributed by atoms with Gasteiger partial charge in [-0.1, -0.05) is 13.0 Å². The number of ether oxygens (including phenoxy) is 1. The molecule has 1 aromatic carbocycles. The van der Waals surface area contributed by atoms with Crippen molar-refractivity contribution in [3.05, 3.63) is 29.3 Å². The van der Waals surface area contributed by atoms with Crippen LogP contribution < -0.4 is 4.74 Å². The molecule has 4 heteroatoms. The summed E-state index contributed by atoms with van der Waals surface area (Å²) in [4.78, 5) is 13.9. The zero-order valence-corrected chi connectivity index (χ0v) is 12.4. The van der Waals surface area contributed by atoms with E-state index in [4.69, 9.17) is 4.74 Å². The molecule has 2 atom stereocenters. The Morgan fingerprint density at radius 3 is 2.80 bits per heavy atom. The molecule has 1 aromatic rings. The molecule has 0 aromatic heterocycles. The van der Waals surface area contributed by atoms with Crippen LogP contribution in [0.5, 0.6) is 5.75 Å². The maximum absolute atomic E-state index is 12.1. The van der Waals surface area contributed by atoms with E-state index in [0.29, 0.717) is 19.5 Å². The number of likely N-dealkylation sites (tertiary alicyclic amines) is 1. The minimum absolute atomic E-state index is 0.0121. The van der Waals surface area contributed by atoms with E-state index >= 15 is 0 Å². The van der Waals surface area contributed by atoms with E-state index in [1.807, 2.05) is 39.0 Å². The fourth-order valence-electron chi connectivity index (χ4n) is 2.40. The van der Waals surface area contributed by atoms with Crippen molar-refractivity contribution in [3.8, 4) is 5.75 Å². The molecule has 110 valence electrons. The lowest BCUT2D eigenvalue weighted by atomic mass is 9.97. The van der Waals surface area contributed by atoms with E-state index in [9.17, 15) is 9.90 Å². The van der Waals surface area contributed by atoms with Gasteiger partial charge in [-0.3, -0.25) is 4.79 Å². The molecule has 1 heterocycles. The van der Waals surface area contributed by atoms with Gasteiger partial charge in [0.25, 0.3) is 5.91 Å². The van der Waals surface area contributed by atoms with Crippen molar-refractivity contribution in [1.29, 1.82) is 0 Å². The second-order valence-corrected chi connectivity index (χ2v) is 5.71. The fraction of sp³-hybridized carbons (Fsp3) is 0.562. The number of aliphatic hydroxyl groups excluding tert-OH is 1. The number of benzene rings is 1. The number of nitrogens with zero attached hydrogens (tertiary/aromatic N) is 1. The van der Waals surface area contributed by atoms with Gasteiger partial charge >= 0.3 is 0 Å². The second-order valence-electron chi connectivity index (χ2n) is 5.71. The highest BCUT2D eigenvalue weighted by Gasteiger charge is 2.27. The van der Waals surface area contributed by atoms with Gasteiger partial charge in [0.15, 0.2) is 6.61 Å². The topological polar surface area (TPSA) is 49.8 Å². The van der Waals surface area contributed by atoms with Crippen LogP contribution in [0, 0.1) is 19.8 Å². The van der Waals surface area contributed by atoms with Crippen LogP contribution in [0.4, 0.5) is 0 Å². The molecule has 1 saturated heterocycles. The number of piperidine rings is 1. The van der Waals surface area contributed by atoms with Crippen molar-refractivity contribution in [1.82, 2.24) is 4.90 Å². The Bertz CT molecular complexity index is 487. The van der Waals surface area contributed by atoms with E-state index < -0.39 is 0 Å². The molecule has 1 amide bonds. The van der Waals surface area contributed by atoms with E-state index in [1.165, 1.54) is 5.56 Å². The van der Waals surface area contributed by atoms with Crippen molar-refractivity contribution < 1.29 is 14.6 Å². The van der Waals surface area contributed by atoms with Gasteiger partial charge in [0.2, 0.25) is 0 Å². The van der Waals surface area contributed by atoms with Gasteiger partial charge < -0.3 is 14.7 Å². The molecule has 20 heavy (non-hydrogen) atoms. The van der Waals surface area contributed by atoms with Crippen molar-refractivity contribution in [2.45, 2.75) is 33.3 Å². The lowest BCUT2D eigenvalue weighted by Crippen LogP contribution is -2.46. The first kappa shape index (κ1) is 14.9. The minimum Gasteiger partial charge on any atom is -0.484 e. The average Bonchev–Trinajstić information content (AvgIpc) is 2.43. The highest BCUT2D eigenvalue weighted by Crippen LogP contribution is 2.18. The average molecular weight is 277 g/mol. The Morgan fingerprint density at radius 2 is 2.15 bits per heavy atom. The summed E-state index contributed by atoms with van der Waals surface area (Å²) in [6, 6.07) is 5.83. The molecule has 0 spiro atoms. The summed E-state index contributed by atoms with van der Waals surface area (Å²) >= 11 is 0. The summed E-state index contributed by atoms with van der Waals surface area (Å²) in [5.74, 6) is 0.850. The van der Waals surface area contributed by atoms with Crippen LogP contribution >= 0.6 is 0 Å². The van der Waals surface area contributed by atoms with Crippen LogP contribution in [0.2, 0.25) is 0 Å². The van der Waals surface area contributed by atoms with E-state index in [0.717, 1.165) is 11.3 Å². The van der Waals surface area contributed by atoms with Gasteiger partial charge in [-0.2, -0.15) is 0 Å². The van der Waals surface area contributed by atoms with E-state index in [-0.39, 0.29) is 24.5 Å². The summed E-state index contributed by atoms with van der Waals surface area (Å²) in [5, 5.41) is 9.67. The number of carbonyl (C=O) groups excluding carboxylic acids is 1. The molecule has 4 nitrogen and oxygen atoms in total. The van der Waals surface area contributed by atoms with Crippen molar-refractivity contribution in [2.24, 2.45) is 5.92 Å². The molecular formula is C16H23NO3. The zero-order chi connectivity index (χ0) is 14.7. The van der Waals surface area contributed by atoms with Gasteiger partial charge in [-0.15, -0.1) is 0 Å². The van der Waals surface area contributed by atoms with Gasteiger partial charge in [-0.25, -0.2) is 0 Å².